The van der Waals surface area contributed by atoms with Crippen LogP contribution in [0.15, 0.2) is 30.3 Å². The molecule has 2 aromatic rings. The standard InChI is InChI=1S/C20H24IN5O2/c1-15-14-18(24-10-12-28-13-11-24)23-20(22-15)26-8-6-25(7-9-26)19(27)16-4-2-3-5-17(16)21/h2-5,14H,6-13H2,1H3. The summed E-state index contributed by atoms with van der Waals surface area (Å²) in [6.45, 7) is 8.01. The molecule has 0 N–H and O–H groups in total. The highest BCUT2D eigenvalue weighted by atomic mass is 127. The Morgan fingerprint density at radius 3 is 2.43 bits per heavy atom. The molecule has 0 radical (unpaired) electrons. The third-order valence-corrected chi connectivity index (χ3v) is 6.06. The van der Waals surface area contributed by atoms with Crippen LogP contribution in [-0.4, -0.2) is 73.3 Å². The monoisotopic (exact) mass is 493 g/mol. The van der Waals surface area contributed by atoms with E-state index in [9.17, 15) is 4.79 Å². The zero-order chi connectivity index (χ0) is 19.5. The van der Waals surface area contributed by atoms with Gasteiger partial charge in [0.25, 0.3) is 5.91 Å². The van der Waals surface area contributed by atoms with Gasteiger partial charge in [-0.25, -0.2) is 4.98 Å². The van der Waals surface area contributed by atoms with Gasteiger partial charge in [-0.2, -0.15) is 4.98 Å². The topological polar surface area (TPSA) is 61.8 Å². The van der Waals surface area contributed by atoms with Crippen molar-refractivity contribution in [1.29, 1.82) is 0 Å². The fourth-order valence-electron chi connectivity index (χ4n) is 3.55. The summed E-state index contributed by atoms with van der Waals surface area (Å²) in [6, 6.07) is 9.77. The van der Waals surface area contributed by atoms with Crippen LogP contribution >= 0.6 is 22.6 Å². The molecule has 3 heterocycles. The van der Waals surface area contributed by atoms with Gasteiger partial charge < -0.3 is 19.4 Å². The minimum atomic E-state index is 0.101. The number of nitrogens with zero attached hydrogens (tertiary/aromatic N) is 5. The summed E-state index contributed by atoms with van der Waals surface area (Å²) in [4.78, 5) is 28.6. The smallest absolute Gasteiger partial charge is 0.255 e. The predicted octanol–water partition coefficient (Wildman–Crippen LogP) is 2.19. The number of piperazine rings is 1. The summed E-state index contributed by atoms with van der Waals surface area (Å²) in [5.74, 6) is 1.81. The highest BCUT2D eigenvalue weighted by Crippen LogP contribution is 2.21. The second kappa shape index (κ2) is 8.60. The molecule has 7 nitrogen and oxygen atoms in total. The van der Waals surface area contributed by atoms with Crippen molar-refractivity contribution in [1.82, 2.24) is 14.9 Å². The lowest BCUT2D eigenvalue weighted by Gasteiger charge is -2.35. The second-order valence-corrected chi connectivity index (χ2v) is 8.19. The van der Waals surface area contributed by atoms with Gasteiger partial charge in [-0.3, -0.25) is 4.79 Å². The number of carbonyl (C=O) groups is 1. The Kier molecular flexibility index (Phi) is 5.96. The molecule has 2 fully saturated rings. The SMILES string of the molecule is Cc1cc(N2CCOCC2)nc(N2CCN(C(=O)c3ccccc3I)CC2)n1. The van der Waals surface area contributed by atoms with Gasteiger partial charge in [0.05, 0.1) is 18.8 Å². The first kappa shape index (κ1) is 19.4. The molecule has 0 spiro atoms. The van der Waals surface area contributed by atoms with Crippen LogP contribution in [0.4, 0.5) is 11.8 Å². The van der Waals surface area contributed by atoms with E-state index in [0.29, 0.717) is 13.1 Å². The molecule has 0 unspecified atom stereocenters. The van der Waals surface area contributed by atoms with Gasteiger partial charge in [-0.1, -0.05) is 12.1 Å². The van der Waals surface area contributed by atoms with Crippen molar-refractivity contribution < 1.29 is 9.53 Å². The van der Waals surface area contributed by atoms with Crippen LogP contribution in [0, 0.1) is 10.5 Å². The normalized spacial score (nSPS) is 17.7. The zero-order valence-corrected chi connectivity index (χ0v) is 18.1. The molecule has 0 atom stereocenters. The summed E-state index contributed by atoms with van der Waals surface area (Å²) < 4.78 is 6.43. The van der Waals surface area contributed by atoms with Gasteiger partial charge >= 0.3 is 0 Å². The third-order valence-electron chi connectivity index (χ3n) is 5.12. The maximum absolute atomic E-state index is 12.8. The number of rotatable bonds is 3. The highest BCUT2D eigenvalue weighted by molar-refractivity contribution is 14.1. The highest BCUT2D eigenvalue weighted by Gasteiger charge is 2.25. The van der Waals surface area contributed by atoms with E-state index in [1.54, 1.807) is 0 Å². The van der Waals surface area contributed by atoms with Crippen molar-refractivity contribution in [3.05, 3.63) is 45.2 Å². The van der Waals surface area contributed by atoms with Crippen LogP contribution in [0.25, 0.3) is 0 Å². The predicted molar refractivity (Wildman–Crippen MR) is 117 cm³/mol. The fraction of sp³-hybridized carbons (Fsp3) is 0.450. The lowest BCUT2D eigenvalue weighted by molar-refractivity contribution is 0.0745. The Morgan fingerprint density at radius 2 is 1.71 bits per heavy atom. The minimum Gasteiger partial charge on any atom is -0.378 e. The van der Waals surface area contributed by atoms with E-state index >= 15 is 0 Å². The first-order valence-corrected chi connectivity index (χ1v) is 10.7. The van der Waals surface area contributed by atoms with E-state index in [4.69, 9.17) is 9.72 Å². The van der Waals surface area contributed by atoms with Crippen LogP contribution in [0.2, 0.25) is 0 Å². The molecule has 0 aliphatic carbocycles. The van der Waals surface area contributed by atoms with Crippen molar-refractivity contribution in [2.24, 2.45) is 0 Å². The largest absolute Gasteiger partial charge is 0.378 e. The Balaban J connectivity index is 1.44. The van der Waals surface area contributed by atoms with Crippen molar-refractivity contribution in [2.45, 2.75) is 6.92 Å². The van der Waals surface area contributed by atoms with Crippen LogP contribution in [0.1, 0.15) is 16.1 Å². The van der Waals surface area contributed by atoms with E-state index in [2.05, 4.69) is 37.4 Å². The van der Waals surface area contributed by atoms with Gasteiger partial charge in [-0.15, -0.1) is 0 Å². The number of ether oxygens (including phenoxy) is 1. The quantitative estimate of drug-likeness (QED) is 0.612. The van der Waals surface area contributed by atoms with Gasteiger partial charge in [-0.05, 0) is 41.6 Å². The van der Waals surface area contributed by atoms with E-state index < -0.39 is 0 Å². The molecule has 0 saturated carbocycles. The Bertz CT molecular complexity index is 848. The number of morpholine rings is 1. The Labute approximate surface area is 178 Å². The Hall–Kier alpha value is -1.94. The number of hydrogen-bond donors (Lipinski definition) is 0. The maximum Gasteiger partial charge on any atom is 0.255 e. The van der Waals surface area contributed by atoms with E-state index in [1.807, 2.05) is 42.2 Å². The number of benzene rings is 1. The average Bonchev–Trinajstić information content (AvgIpc) is 2.74. The van der Waals surface area contributed by atoms with Crippen molar-refractivity contribution in [2.75, 3.05) is 62.3 Å². The zero-order valence-electron chi connectivity index (χ0n) is 16.0. The molecule has 148 valence electrons. The van der Waals surface area contributed by atoms with E-state index in [1.165, 1.54) is 0 Å². The van der Waals surface area contributed by atoms with Crippen LogP contribution in [0.5, 0.6) is 0 Å². The minimum absolute atomic E-state index is 0.101. The molecule has 0 bridgehead atoms. The summed E-state index contributed by atoms with van der Waals surface area (Å²) in [5, 5.41) is 0. The molecule has 8 heteroatoms. The summed E-state index contributed by atoms with van der Waals surface area (Å²) in [7, 11) is 0. The molecular formula is C20H24IN5O2. The number of halogens is 1. The molecule has 28 heavy (non-hydrogen) atoms. The van der Waals surface area contributed by atoms with Crippen molar-refractivity contribution >= 4 is 40.3 Å². The summed E-state index contributed by atoms with van der Waals surface area (Å²) >= 11 is 2.22. The van der Waals surface area contributed by atoms with Crippen LogP contribution in [0.3, 0.4) is 0 Å². The summed E-state index contributed by atoms with van der Waals surface area (Å²) in [6.07, 6.45) is 0. The lowest BCUT2D eigenvalue weighted by atomic mass is 10.2. The number of aryl methyl sites for hydroxylation is 1. The fourth-order valence-corrected chi connectivity index (χ4v) is 4.17. The number of aromatic nitrogens is 2. The first-order chi connectivity index (χ1) is 13.6. The van der Waals surface area contributed by atoms with Gasteiger partial charge in [0.2, 0.25) is 5.95 Å². The van der Waals surface area contributed by atoms with E-state index in [-0.39, 0.29) is 5.91 Å². The van der Waals surface area contributed by atoms with Gasteiger partial charge in [0.1, 0.15) is 5.82 Å². The molecule has 4 rings (SSSR count). The van der Waals surface area contributed by atoms with Gasteiger partial charge in [0, 0.05) is 54.6 Å². The van der Waals surface area contributed by atoms with Crippen molar-refractivity contribution in [3.8, 4) is 0 Å². The van der Waals surface area contributed by atoms with Crippen LogP contribution in [-0.2, 0) is 4.74 Å². The molecule has 1 aromatic carbocycles. The number of anilines is 2. The molecule has 2 saturated heterocycles. The molecule has 2 aliphatic rings. The Morgan fingerprint density at radius 1 is 1.00 bits per heavy atom. The molecular weight excluding hydrogens is 469 g/mol. The first-order valence-electron chi connectivity index (χ1n) is 9.59. The number of carbonyl (C=O) groups excluding carboxylic acids is 1. The summed E-state index contributed by atoms with van der Waals surface area (Å²) in [5.41, 5.74) is 1.74. The van der Waals surface area contributed by atoms with Crippen LogP contribution < -0.4 is 9.80 Å². The van der Waals surface area contributed by atoms with Gasteiger partial charge in [0.15, 0.2) is 0 Å². The molecule has 2 aliphatic heterocycles. The maximum atomic E-state index is 12.8. The third kappa shape index (κ3) is 4.22. The second-order valence-electron chi connectivity index (χ2n) is 7.03. The average molecular weight is 493 g/mol. The lowest BCUT2D eigenvalue weighted by Crippen LogP contribution is -2.49. The molecule has 1 amide bonds. The number of amides is 1. The molecule has 1 aromatic heterocycles. The van der Waals surface area contributed by atoms with E-state index in [0.717, 1.165) is 66.0 Å². The van der Waals surface area contributed by atoms with Crippen molar-refractivity contribution in [3.63, 3.8) is 0 Å². The number of hydrogen-bond acceptors (Lipinski definition) is 6.